The first-order chi connectivity index (χ1) is 15.7. The van der Waals surface area contributed by atoms with Gasteiger partial charge in [0.05, 0.1) is 27.9 Å². The number of methoxy groups -OCH3 is 3. The van der Waals surface area contributed by atoms with Gasteiger partial charge in [0.25, 0.3) is 5.82 Å². The molecule has 0 aliphatic carbocycles. The molecule has 0 radical (unpaired) electrons. The predicted octanol–water partition coefficient (Wildman–Crippen LogP) is -0.129. The lowest BCUT2D eigenvalue weighted by Crippen LogP contribution is -2.58. The van der Waals surface area contributed by atoms with E-state index in [9.17, 15) is 24.7 Å². The molecule has 0 saturated carbocycles. The summed E-state index contributed by atoms with van der Waals surface area (Å²) >= 11 is 0. The fraction of sp³-hybridized carbons (Fsp3) is 0.429. The van der Waals surface area contributed by atoms with Crippen LogP contribution in [-0.4, -0.2) is 55.5 Å². The van der Waals surface area contributed by atoms with E-state index in [1.165, 1.54) is 33.5 Å². The zero-order chi connectivity index (χ0) is 24.4. The number of aliphatic hydroxyl groups excluding tert-OH is 1. The SMILES string of the molecule is COc1cc(C(c2n(CCO)c(C)c(C)[n+]2[O-])C2C(=O)NC(=O)NC2=O)cc(OC)c1OC. The molecule has 1 aliphatic rings. The third-order valence-corrected chi connectivity index (χ3v) is 5.74. The second kappa shape index (κ2) is 9.36. The second-order valence-corrected chi connectivity index (χ2v) is 7.42. The first kappa shape index (κ1) is 23.9. The highest BCUT2D eigenvalue weighted by atomic mass is 16.5. The van der Waals surface area contributed by atoms with Crippen molar-refractivity contribution in [3.05, 3.63) is 40.1 Å². The summed E-state index contributed by atoms with van der Waals surface area (Å²) in [6, 6.07) is 2.12. The Kier molecular flexibility index (Phi) is 6.77. The number of imidazole rings is 1. The summed E-state index contributed by atoms with van der Waals surface area (Å²) in [6.07, 6.45) is 0. The van der Waals surface area contributed by atoms with Crippen molar-refractivity contribution in [2.75, 3.05) is 27.9 Å². The molecular formula is C21H26N4O8. The number of hydrogen-bond acceptors (Lipinski definition) is 8. The van der Waals surface area contributed by atoms with E-state index in [0.29, 0.717) is 21.7 Å². The molecular weight excluding hydrogens is 436 g/mol. The van der Waals surface area contributed by atoms with Gasteiger partial charge in [-0.15, -0.1) is 0 Å². The van der Waals surface area contributed by atoms with Crippen LogP contribution in [0.15, 0.2) is 12.1 Å². The second-order valence-electron chi connectivity index (χ2n) is 7.42. The molecule has 12 heteroatoms. The molecule has 0 bridgehead atoms. The minimum absolute atomic E-state index is 0.0398. The van der Waals surface area contributed by atoms with Crippen LogP contribution in [0, 0.1) is 25.0 Å². The quantitative estimate of drug-likeness (QED) is 0.278. The Morgan fingerprint density at radius 2 is 1.61 bits per heavy atom. The summed E-state index contributed by atoms with van der Waals surface area (Å²) in [4.78, 5) is 37.4. The minimum Gasteiger partial charge on any atom is -0.711 e. The van der Waals surface area contributed by atoms with Gasteiger partial charge >= 0.3 is 6.03 Å². The van der Waals surface area contributed by atoms with Gasteiger partial charge in [-0.25, -0.2) is 14.1 Å². The smallest absolute Gasteiger partial charge is 0.328 e. The highest BCUT2D eigenvalue weighted by Crippen LogP contribution is 2.43. The van der Waals surface area contributed by atoms with Crippen molar-refractivity contribution in [2.45, 2.75) is 26.3 Å². The van der Waals surface area contributed by atoms with E-state index >= 15 is 0 Å². The van der Waals surface area contributed by atoms with Gasteiger partial charge in [0.15, 0.2) is 11.5 Å². The zero-order valence-electron chi connectivity index (χ0n) is 18.9. The van der Waals surface area contributed by atoms with Crippen molar-refractivity contribution in [3.63, 3.8) is 0 Å². The lowest BCUT2D eigenvalue weighted by atomic mass is 9.82. The van der Waals surface area contributed by atoms with E-state index in [0.717, 1.165) is 0 Å². The number of benzene rings is 1. The van der Waals surface area contributed by atoms with Crippen LogP contribution in [0.3, 0.4) is 0 Å². The van der Waals surface area contributed by atoms with Gasteiger partial charge in [-0.3, -0.25) is 20.2 Å². The molecule has 2 aromatic rings. The molecule has 0 spiro atoms. The Labute approximate surface area is 189 Å². The van der Waals surface area contributed by atoms with Gasteiger partial charge in [0.1, 0.15) is 29.8 Å². The molecule has 12 nitrogen and oxygen atoms in total. The van der Waals surface area contributed by atoms with Crippen molar-refractivity contribution < 1.29 is 38.4 Å². The first-order valence-electron chi connectivity index (χ1n) is 10.1. The average molecular weight is 462 g/mol. The van der Waals surface area contributed by atoms with Crippen molar-refractivity contribution >= 4 is 17.8 Å². The van der Waals surface area contributed by atoms with E-state index in [1.807, 2.05) is 0 Å². The molecule has 1 aliphatic heterocycles. The van der Waals surface area contributed by atoms with Crippen LogP contribution in [0.25, 0.3) is 0 Å². The number of urea groups is 1. The van der Waals surface area contributed by atoms with Crippen LogP contribution in [0.4, 0.5) is 4.79 Å². The maximum absolute atomic E-state index is 13.2. The third-order valence-electron chi connectivity index (χ3n) is 5.74. The molecule has 1 aromatic carbocycles. The number of carbonyl (C=O) groups excluding carboxylic acids is 3. The molecule has 1 unspecified atom stereocenters. The van der Waals surface area contributed by atoms with Crippen LogP contribution in [-0.2, 0) is 16.1 Å². The van der Waals surface area contributed by atoms with Crippen molar-refractivity contribution in [2.24, 2.45) is 5.92 Å². The lowest BCUT2D eigenvalue weighted by Gasteiger charge is -2.28. The maximum Gasteiger partial charge on any atom is 0.328 e. The monoisotopic (exact) mass is 462 g/mol. The number of aromatic nitrogens is 2. The number of amides is 4. The maximum atomic E-state index is 13.2. The highest BCUT2D eigenvalue weighted by molar-refractivity contribution is 6.16. The van der Waals surface area contributed by atoms with E-state index in [-0.39, 0.29) is 36.2 Å². The van der Waals surface area contributed by atoms with E-state index < -0.39 is 29.7 Å². The van der Waals surface area contributed by atoms with Crippen LogP contribution in [0.2, 0.25) is 0 Å². The number of barbiturate groups is 1. The van der Waals surface area contributed by atoms with Gasteiger partial charge in [0, 0.05) is 13.8 Å². The Morgan fingerprint density at radius 3 is 2.06 bits per heavy atom. The number of imide groups is 2. The summed E-state index contributed by atoms with van der Waals surface area (Å²) in [6.45, 7) is 3.05. The lowest BCUT2D eigenvalue weighted by molar-refractivity contribution is -0.621. The Morgan fingerprint density at radius 1 is 1.06 bits per heavy atom. The molecule has 1 aromatic heterocycles. The number of carbonyl (C=O) groups is 3. The topological polar surface area (TPSA) is 155 Å². The van der Waals surface area contributed by atoms with Gasteiger partial charge in [0.2, 0.25) is 17.6 Å². The summed E-state index contributed by atoms with van der Waals surface area (Å²) in [7, 11) is 4.24. The van der Waals surface area contributed by atoms with Crippen molar-refractivity contribution in [3.8, 4) is 17.2 Å². The molecule has 3 N–H and O–H groups in total. The summed E-state index contributed by atoms with van der Waals surface area (Å²) in [5.41, 5.74) is 1.22. The van der Waals surface area contributed by atoms with Gasteiger partial charge < -0.3 is 24.5 Å². The van der Waals surface area contributed by atoms with E-state index in [1.54, 1.807) is 18.4 Å². The van der Waals surface area contributed by atoms with Gasteiger partial charge in [-0.05, 0) is 17.7 Å². The molecule has 2 heterocycles. The standard InChI is InChI=1S/C21H26N4O8/c1-10-11(2)25(30)20(24(10)6-7-26)15(16-18(27)22-21(29)23-19(16)28)12-8-13(31-3)17(33-5)14(9-12)32-4/h8-9,15-16,26H,6-7H2,1-5H3,(H2,22,23,27,28,29). The largest absolute Gasteiger partial charge is 0.711 e. The molecule has 1 atom stereocenters. The van der Waals surface area contributed by atoms with Crippen LogP contribution < -0.4 is 29.6 Å². The van der Waals surface area contributed by atoms with Gasteiger partial charge in [-0.1, -0.05) is 0 Å². The Hall–Kier alpha value is -3.80. The fourth-order valence-electron chi connectivity index (χ4n) is 4.08. The molecule has 33 heavy (non-hydrogen) atoms. The normalized spacial score (nSPS) is 15.2. The number of aliphatic hydroxyl groups is 1. The number of nitrogens with zero attached hydrogens (tertiary/aromatic N) is 2. The van der Waals surface area contributed by atoms with Crippen molar-refractivity contribution in [1.82, 2.24) is 15.2 Å². The number of nitrogens with one attached hydrogen (secondary N) is 2. The number of rotatable bonds is 8. The summed E-state index contributed by atoms with van der Waals surface area (Å²) in [5, 5.41) is 27.0. The highest BCUT2D eigenvalue weighted by Gasteiger charge is 2.47. The summed E-state index contributed by atoms with van der Waals surface area (Å²) < 4.78 is 18.3. The average Bonchev–Trinajstić information content (AvgIpc) is 2.98. The zero-order valence-corrected chi connectivity index (χ0v) is 18.9. The van der Waals surface area contributed by atoms with Crippen molar-refractivity contribution in [1.29, 1.82) is 0 Å². The third kappa shape index (κ3) is 4.04. The van der Waals surface area contributed by atoms with Crippen LogP contribution >= 0.6 is 0 Å². The molecule has 1 saturated heterocycles. The fourth-order valence-corrected chi connectivity index (χ4v) is 4.08. The molecule has 3 rings (SSSR count). The predicted molar refractivity (Wildman–Crippen MR) is 113 cm³/mol. The van der Waals surface area contributed by atoms with E-state index in [2.05, 4.69) is 10.6 Å². The van der Waals surface area contributed by atoms with Crippen LogP contribution in [0.1, 0.15) is 28.7 Å². The van der Waals surface area contributed by atoms with E-state index in [4.69, 9.17) is 14.2 Å². The van der Waals surface area contributed by atoms with Gasteiger partial charge in [-0.2, -0.15) is 0 Å². The molecule has 1 fully saturated rings. The molecule has 4 amide bonds. The molecule has 178 valence electrons. The summed E-state index contributed by atoms with van der Waals surface area (Å²) in [5.74, 6) is -3.56. The Balaban J connectivity index is 2.36. The number of ether oxygens (including phenoxy) is 3. The van der Waals surface area contributed by atoms with Crippen LogP contribution in [0.5, 0.6) is 17.2 Å². The Bertz CT molecular complexity index is 1070. The first-order valence-corrected chi connectivity index (χ1v) is 10.1. The number of hydrogen-bond donors (Lipinski definition) is 3. The minimum atomic E-state index is -1.48.